The lowest BCUT2D eigenvalue weighted by Gasteiger charge is -2.14. The summed E-state index contributed by atoms with van der Waals surface area (Å²) in [7, 11) is -0.0866. The maximum absolute atomic E-state index is 12.2. The number of benzene rings is 2. The first-order valence-corrected chi connectivity index (χ1v) is 10.2. The number of hydrogen-bond acceptors (Lipinski definition) is 6. The lowest BCUT2D eigenvalue weighted by Crippen LogP contribution is -2.41. The van der Waals surface area contributed by atoms with Crippen LogP contribution in [-0.4, -0.2) is 52.1 Å². The molecular formula is C19H24N4O5S. The monoisotopic (exact) mass is 420 g/mol. The summed E-state index contributed by atoms with van der Waals surface area (Å²) in [5.41, 5.74) is 6.00. The minimum absolute atomic E-state index is 0.0424. The van der Waals surface area contributed by atoms with Crippen molar-refractivity contribution < 1.29 is 23.1 Å². The highest BCUT2D eigenvalue weighted by Gasteiger charge is 2.16. The fraction of sp³-hybridized carbons (Fsp3) is 0.263. The van der Waals surface area contributed by atoms with Crippen LogP contribution in [0.4, 0.5) is 5.69 Å². The van der Waals surface area contributed by atoms with Crippen molar-refractivity contribution in [1.29, 1.82) is 0 Å². The summed E-state index contributed by atoms with van der Waals surface area (Å²) >= 11 is 0. The first-order chi connectivity index (χ1) is 13.6. The SMILES string of the molecule is CC(O)CNS(=O)(=O)c1ccc(C(=O)NNC(=O)c2cccc(N(C)C)c2)cc1. The second-order valence-corrected chi connectivity index (χ2v) is 8.35. The lowest BCUT2D eigenvalue weighted by molar-refractivity contribution is 0.0846. The molecule has 1 atom stereocenters. The molecule has 10 heteroatoms. The zero-order valence-corrected chi connectivity index (χ0v) is 17.2. The van der Waals surface area contributed by atoms with Crippen LogP contribution in [-0.2, 0) is 10.0 Å². The lowest BCUT2D eigenvalue weighted by atomic mass is 10.2. The third-order valence-corrected chi connectivity index (χ3v) is 5.35. The molecule has 2 amide bonds. The van der Waals surface area contributed by atoms with Crippen molar-refractivity contribution in [3.63, 3.8) is 0 Å². The van der Waals surface area contributed by atoms with Crippen LogP contribution in [0.3, 0.4) is 0 Å². The average Bonchev–Trinajstić information content (AvgIpc) is 2.70. The maximum Gasteiger partial charge on any atom is 0.269 e. The van der Waals surface area contributed by atoms with Gasteiger partial charge in [0.05, 0.1) is 11.0 Å². The summed E-state index contributed by atoms with van der Waals surface area (Å²) in [6.07, 6.45) is -0.822. The predicted octanol–water partition coefficient (Wildman–Crippen LogP) is 0.487. The Kier molecular flexibility index (Phi) is 7.32. The molecule has 0 bridgehead atoms. The standard InChI is InChI=1S/C19H24N4O5S/c1-13(24)12-20-29(27,28)17-9-7-14(8-10-17)18(25)21-22-19(26)15-5-4-6-16(11-15)23(2)3/h4-11,13,20,24H,12H2,1-3H3,(H,21,25)(H,22,26). The predicted molar refractivity (Wildman–Crippen MR) is 109 cm³/mol. The third kappa shape index (κ3) is 6.28. The van der Waals surface area contributed by atoms with Gasteiger partial charge in [-0.1, -0.05) is 6.07 Å². The number of anilines is 1. The van der Waals surface area contributed by atoms with Gasteiger partial charge in [-0.3, -0.25) is 20.4 Å². The number of hydrazine groups is 1. The van der Waals surface area contributed by atoms with Gasteiger partial charge in [-0.05, 0) is 49.4 Å². The van der Waals surface area contributed by atoms with Gasteiger partial charge in [-0.2, -0.15) is 0 Å². The highest BCUT2D eigenvalue weighted by atomic mass is 32.2. The van der Waals surface area contributed by atoms with Crippen LogP contribution in [0.2, 0.25) is 0 Å². The fourth-order valence-electron chi connectivity index (χ4n) is 2.28. The fourth-order valence-corrected chi connectivity index (χ4v) is 3.40. The van der Waals surface area contributed by atoms with Gasteiger partial charge in [0.15, 0.2) is 0 Å². The van der Waals surface area contributed by atoms with Crippen molar-refractivity contribution in [3.8, 4) is 0 Å². The Bertz CT molecular complexity index is 972. The van der Waals surface area contributed by atoms with E-state index in [1.165, 1.54) is 31.2 Å². The van der Waals surface area contributed by atoms with Crippen molar-refractivity contribution in [2.24, 2.45) is 0 Å². The van der Waals surface area contributed by atoms with Gasteiger partial charge in [0.1, 0.15) is 0 Å². The van der Waals surface area contributed by atoms with Gasteiger partial charge in [0.25, 0.3) is 11.8 Å². The Balaban J connectivity index is 1.99. The molecule has 4 N–H and O–H groups in total. The van der Waals surface area contributed by atoms with E-state index in [1.54, 1.807) is 18.2 Å². The molecule has 9 nitrogen and oxygen atoms in total. The van der Waals surface area contributed by atoms with Crippen LogP contribution in [0.25, 0.3) is 0 Å². The summed E-state index contributed by atoms with van der Waals surface area (Å²) in [6, 6.07) is 12.1. The topological polar surface area (TPSA) is 128 Å². The molecule has 0 spiro atoms. The van der Waals surface area contributed by atoms with Crippen molar-refractivity contribution in [2.75, 3.05) is 25.5 Å². The van der Waals surface area contributed by atoms with Crippen molar-refractivity contribution in [1.82, 2.24) is 15.6 Å². The average molecular weight is 420 g/mol. The Labute approximate surface area is 169 Å². The minimum atomic E-state index is -3.79. The number of carbonyl (C=O) groups is 2. The summed E-state index contributed by atoms with van der Waals surface area (Å²) in [6.45, 7) is 1.34. The summed E-state index contributed by atoms with van der Waals surface area (Å²) < 4.78 is 26.4. The van der Waals surface area contributed by atoms with Gasteiger partial charge in [0.2, 0.25) is 10.0 Å². The van der Waals surface area contributed by atoms with E-state index in [9.17, 15) is 23.1 Å². The molecule has 0 aliphatic heterocycles. The third-order valence-electron chi connectivity index (χ3n) is 3.91. The van der Waals surface area contributed by atoms with Gasteiger partial charge >= 0.3 is 0 Å². The number of carbonyl (C=O) groups excluding carboxylic acids is 2. The highest BCUT2D eigenvalue weighted by Crippen LogP contribution is 2.13. The van der Waals surface area contributed by atoms with Crippen molar-refractivity contribution in [3.05, 3.63) is 59.7 Å². The molecule has 0 aliphatic carbocycles. The molecule has 0 saturated heterocycles. The number of rotatable bonds is 7. The van der Waals surface area contributed by atoms with E-state index in [2.05, 4.69) is 15.6 Å². The van der Waals surface area contributed by atoms with E-state index >= 15 is 0 Å². The van der Waals surface area contributed by atoms with E-state index in [-0.39, 0.29) is 17.0 Å². The molecule has 0 heterocycles. The van der Waals surface area contributed by atoms with Gasteiger partial charge < -0.3 is 10.0 Å². The van der Waals surface area contributed by atoms with E-state index < -0.39 is 27.9 Å². The molecular weight excluding hydrogens is 396 g/mol. The molecule has 1 unspecified atom stereocenters. The second-order valence-electron chi connectivity index (χ2n) is 6.58. The molecule has 0 aliphatic rings. The Morgan fingerprint density at radius 3 is 2.14 bits per heavy atom. The maximum atomic E-state index is 12.2. The minimum Gasteiger partial charge on any atom is -0.392 e. The molecule has 2 aromatic rings. The normalized spacial score (nSPS) is 12.1. The first-order valence-electron chi connectivity index (χ1n) is 8.76. The summed E-state index contributed by atoms with van der Waals surface area (Å²) in [5.74, 6) is -1.08. The Hall–Kier alpha value is -2.95. The number of sulfonamides is 1. The van der Waals surface area contributed by atoms with Crippen molar-refractivity contribution >= 4 is 27.5 Å². The number of aliphatic hydroxyl groups is 1. The van der Waals surface area contributed by atoms with E-state index in [0.29, 0.717) is 5.56 Å². The van der Waals surface area contributed by atoms with Crippen LogP contribution in [0, 0.1) is 0 Å². The van der Waals surface area contributed by atoms with Gasteiger partial charge in [0, 0.05) is 37.5 Å². The zero-order chi connectivity index (χ0) is 21.6. The number of aliphatic hydroxyl groups excluding tert-OH is 1. The summed E-state index contributed by atoms with van der Waals surface area (Å²) in [5, 5.41) is 9.19. The van der Waals surface area contributed by atoms with Crippen LogP contribution in [0.5, 0.6) is 0 Å². The van der Waals surface area contributed by atoms with Crippen LogP contribution in [0.1, 0.15) is 27.6 Å². The molecule has 29 heavy (non-hydrogen) atoms. The van der Waals surface area contributed by atoms with Crippen LogP contribution in [0.15, 0.2) is 53.4 Å². The van der Waals surface area contributed by atoms with Crippen LogP contribution < -0.4 is 20.5 Å². The number of nitrogens with zero attached hydrogens (tertiary/aromatic N) is 1. The molecule has 0 aromatic heterocycles. The van der Waals surface area contributed by atoms with E-state index in [1.807, 2.05) is 25.1 Å². The zero-order valence-electron chi connectivity index (χ0n) is 16.3. The molecule has 0 saturated carbocycles. The number of amides is 2. The van der Waals surface area contributed by atoms with Gasteiger partial charge in [-0.25, -0.2) is 13.1 Å². The van der Waals surface area contributed by atoms with Gasteiger partial charge in [-0.15, -0.1) is 0 Å². The Morgan fingerprint density at radius 1 is 1.00 bits per heavy atom. The molecule has 0 radical (unpaired) electrons. The van der Waals surface area contributed by atoms with Crippen LogP contribution >= 0.6 is 0 Å². The highest BCUT2D eigenvalue weighted by molar-refractivity contribution is 7.89. The van der Waals surface area contributed by atoms with Crippen molar-refractivity contribution in [2.45, 2.75) is 17.9 Å². The van der Waals surface area contributed by atoms with E-state index in [0.717, 1.165) is 5.69 Å². The smallest absolute Gasteiger partial charge is 0.269 e. The Morgan fingerprint density at radius 2 is 1.59 bits per heavy atom. The number of nitrogens with one attached hydrogen (secondary N) is 3. The first kappa shape index (κ1) is 22.3. The molecule has 156 valence electrons. The number of hydrogen-bond donors (Lipinski definition) is 4. The summed E-state index contributed by atoms with van der Waals surface area (Å²) in [4.78, 5) is 26.2. The molecule has 0 fully saturated rings. The molecule has 2 rings (SSSR count). The molecule has 2 aromatic carbocycles. The second kappa shape index (κ2) is 9.50. The quantitative estimate of drug-likeness (QED) is 0.483. The van der Waals surface area contributed by atoms with E-state index in [4.69, 9.17) is 0 Å². The largest absolute Gasteiger partial charge is 0.392 e.